The molecule has 2 aromatic heterocycles. The van der Waals surface area contributed by atoms with E-state index < -0.39 is 15.9 Å². The Kier molecular flexibility index (Phi) is 7.09. The molecule has 9 heteroatoms. The number of aryl methyl sites for hydroxylation is 1. The number of unbranched alkanes of at least 4 members (excludes halogenated alkanes) is 2. The third-order valence-corrected chi connectivity index (χ3v) is 7.33. The van der Waals surface area contributed by atoms with Crippen molar-refractivity contribution in [3.63, 3.8) is 0 Å². The van der Waals surface area contributed by atoms with Crippen molar-refractivity contribution in [2.24, 2.45) is 0 Å². The summed E-state index contributed by atoms with van der Waals surface area (Å²) in [4.78, 5) is 17.2. The summed E-state index contributed by atoms with van der Waals surface area (Å²) in [5, 5.41) is 0.585. The van der Waals surface area contributed by atoms with Crippen LogP contribution in [0.5, 0.6) is 0 Å². The number of amides is 1. The van der Waals surface area contributed by atoms with Gasteiger partial charge in [-0.05, 0) is 55.3 Å². The van der Waals surface area contributed by atoms with E-state index in [9.17, 15) is 13.2 Å². The normalized spacial score (nSPS) is 11.7. The smallest absolute Gasteiger partial charge is 0.264 e. The highest BCUT2D eigenvalue weighted by Gasteiger charge is 2.18. The first-order valence-electron chi connectivity index (χ1n) is 11.1. The molecule has 34 heavy (non-hydrogen) atoms. The highest BCUT2D eigenvalue weighted by atomic mass is 35.5. The minimum atomic E-state index is -3.68. The Morgan fingerprint density at radius 3 is 2.68 bits per heavy atom. The molecule has 0 fully saturated rings. The van der Waals surface area contributed by atoms with E-state index in [1.54, 1.807) is 24.5 Å². The lowest BCUT2D eigenvalue weighted by atomic mass is 10.1. The van der Waals surface area contributed by atoms with Crippen LogP contribution in [-0.4, -0.2) is 29.6 Å². The van der Waals surface area contributed by atoms with Gasteiger partial charge in [-0.2, -0.15) is 0 Å². The van der Waals surface area contributed by atoms with Crippen LogP contribution >= 0.6 is 11.6 Å². The second-order valence-corrected chi connectivity index (χ2v) is 10.4. The Balaban J connectivity index is 1.59. The van der Waals surface area contributed by atoms with Crippen molar-refractivity contribution in [2.75, 3.05) is 5.75 Å². The van der Waals surface area contributed by atoms with Crippen molar-refractivity contribution in [1.82, 2.24) is 14.3 Å². The molecule has 0 spiro atoms. The lowest BCUT2D eigenvalue weighted by molar-refractivity contribution is 0.0981. The van der Waals surface area contributed by atoms with E-state index in [4.69, 9.17) is 16.0 Å². The number of rotatable bonds is 9. The first-order chi connectivity index (χ1) is 16.3. The largest absolute Gasteiger partial charge is 0.464 e. The molecule has 178 valence electrons. The fourth-order valence-corrected chi connectivity index (χ4v) is 5.15. The van der Waals surface area contributed by atoms with Gasteiger partial charge in [-0.25, -0.2) is 18.1 Å². The number of halogens is 1. The van der Waals surface area contributed by atoms with Gasteiger partial charge in [0.05, 0.1) is 29.6 Å². The third-order valence-electron chi connectivity index (χ3n) is 5.65. The Morgan fingerprint density at radius 1 is 1.15 bits per heavy atom. The molecular weight excluding hydrogens is 474 g/mol. The molecule has 0 atom stereocenters. The predicted octanol–water partition coefficient (Wildman–Crippen LogP) is 5.56. The van der Waals surface area contributed by atoms with Gasteiger partial charge in [0.2, 0.25) is 10.0 Å². The number of fused-ring (bicyclic) bond motifs is 1. The number of hydrogen-bond acceptors (Lipinski definition) is 5. The van der Waals surface area contributed by atoms with E-state index in [1.807, 2.05) is 48.7 Å². The van der Waals surface area contributed by atoms with Gasteiger partial charge in [-0.15, -0.1) is 0 Å². The van der Waals surface area contributed by atoms with Gasteiger partial charge < -0.3 is 8.98 Å². The minimum absolute atomic E-state index is 0.0711. The van der Waals surface area contributed by atoms with Gasteiger partial charge in [0, 0.05) is 16.1 Å². The molecule has 4 rings (SSSR count). The average molecular weight is 500 g/mol. The van der Waals surface area contributed by atoms with Crippen LogP contribution in [0.25, 0.3) is 22.4 Å². The van der Waals surface area contributed by atoms with Crippen molar-refractivity contribution in [2.45, 2.75) is 39.7 Å². The van der Waals surface area contributed by atoms with Crippen molar-refractivity contribution in [3.05, 3.63) is 76.8 Å². The SMILES string of the molecule is CCCCCS(=O)(=O)NC(=O)c1ccc2nc(C)n(Cc3ccc(-c4ccco4)cc3Cl)c2c1. The minimum Gasteiger partial charge on any atom is -0.464 e. The molecular formula is C25H26ClN3O4S. The van der Waals surface area contributed by atoms with Crippen molar-refractivity contribution >= 4 is 38.6 Å². The number of aromatic nitrogens is 2. The molecule has 0 saturated carbocycles. The van der Waals surface area contributed by atoms with Crippen LogP contribution < -0.4 is 4.72 Å². The number of sulfonamides is 1. The second kappa shape index (κ2) is 10.0. The summed E-state index contributed by atoms with van der Waals surface area (Å²) >= 11 is 6.57. The number of benzene rings is 2. The zero-order valence-electron chi connectivity index (χ0n) is 19.0. The predicted molar refractivity (Wildman–Crippen MR) is 134 cm³/mol. The van der Waals surface area contributed by atoms with E-state index in [0.717, 1.165) is 41.1 Å². The molecule has 4 aromatic rings. The molecule has 0 unspecified atom stereocenters. The Bertz CT molecular complexity index is 1430. The summed E-state index contributed by atoms with van der Waals surface area (Å²) in [6.45, 7) is 4.31. The molecule has 0 aliphatic carbocycles. The third kappa shape index (κ3) is 5.34. The van der Waals surface area contributed by atoms with Crippen molar-refractivity contribution in [3.8, 4) is 11.3 Å². The fraction of sp³-hybridized carbons (Fsp3) is 0.280. The van der Waals surface area contributed by atoms with Gasteiger partial charge >= 0.3 is 0 Å². The summed E-state index contributed by atoms with van der Waals surface area (Å²) in [5.41, 5.74) is 3.45. The van der Waals surface area contributed by atoms with E-state index in [-0.39, 0.29) is 11.3 Å². The lowest BCUT2D eigenvalue weighted by Crippen LogP contribution is -2.32. The first-order valence-corrected chi connectivity index (χ1v) is 13.1. The fourth-order valence-electron chi connectivity index (χ4n) is 3.82. The topological polar surface area (TPSA) is 94.2 Å². The maximum Gasteiger partial charge on any atom is 0.264 e. The second-order valence-electron chi connectivity index (χ2n) is 8.19. The highest BCUT2D eigenvalue weighted by molar-refractivity contribution is 7.90. The number of carbonyl (C=O) groups is 1. The summed E-state index contributed by atoms with van der Waals surface area (Å²) in [6.07, 6.45) is 3.83. The quantitative estimate of drug-likeness (QED) is 0.304. The highest BCUT2D eigenvalue weighted by Crippen LogP contribution is 2.28. The van der Waals surface area contributed by atoms with Crippen LogP contribution in [0.15, 0.2) is 59.2 Å². The van der Waals surface area contributed by atoms with Crippen LogP contribution in [0.3, 0.4) is 0 Å². The van der Waals surface area contributed by atoms with Gasteiger partial charge in [-0.1, -0.05) is 43.5 Å². The van der Waals surface area contributed by atoms with Crippen LogP contribution in [0, 0.1) is 6.92 Å². The van der Waals surface area contributed by atoms with Crippen molar-refractivity contribution in [1.29, 1.82) is 0 Å². The number of carbonyl (C=O) groups excluding carboxylic acids is 1. The number of hydrogen-bond donors (Lipinski definition) is 1. The molecule has 0 bridgehead atoms. The van der Waals surface area contributed by atoms with Crippen LogP contribution in [0.1, 0.15) is 47.9 Å². The molecule has 2 aromatic carbocycles. The molecule has 1 amide bonds. The summed E-state index contributed by atoms with van der Waals surface area (Å²) in [6, 6.07) is 14.4. The molecule has 0 radical (unpaired) electrons. The molecule has 0 saturated heterocycles. The first kappa shape index (κ1) is 24.0. The molecule has 2 heterocycles. The standard InChI is InChI=1S/C25H26ClN3O4S/c1-3-4-5-13-34(31,32)28-25(30)19-10-11-22-23(15-19)29(17(2)27-22)16-20-9-8-18(14-21(20)26)24-7-6-12-33-24/h6-12,14-15H,3-5,13,16H2,1-2H3,(H,28,30). The number of imidazole rings is 1. The van der Waals surface area contributed by atoms with Crippen molar-refractivity contribution < 1.29 is 17.6 Å². The zero-order chi connectivity index (χ0) is 24.3. The summed E-state index contributed by atoms with van der Waals surface area (Å²) in [5.74, 6) is 0.770. The Morgan fingerprint density at radius 2 is 1.97 bits per heavy atom. The summed E-state index contributed by atoms with van der Waals surface area (Å²) in [7, 11) is -3.68. The van der Waals surface area contributed by atoms with Gasteiger partial charge in [0.1, 0.15) is 11.6 Å². The average Bonchev–Trinajstić information content (AvgIpc) is 3.43. The maximum absolute atomic E-state index is 12.7. The summed E-state index contributed by atoms with van der Waals surface area (Å²) < 4.78 is 34.1. The van der Waals surface area contributed by atoms with Crippen LogP contribution in [0.2, 0.25) is 5.02 Å². The molecule has 7 nitrogen and oxygen atoms in total. The van der Waals surface area contributed by atoms with Crippen LogP contribution in [-0.2, 0) is 16.6 Å². The molecule has 0 aliphatic heterocycles. The van der Waals surface area contributed by atoms with E-state index >= 15 is 0 Å². The number of furan rings is 1. The Labute approximate surface area is 203 Å². The van der Waals surface area contributed by atoms with E-state index in [1.165, 1.54) is 0 Å². The molecule has 1 N–H and O–H groups in total. The monoisotopic (exact) mass is 499 g/mol. The van der Waals surface area contributed by atoms with E-state index in [2.05, 4.69) is 9.71 Å². The zero-order valence-corrected chi connectivity index (χ0v) is 20.6. The van der Waals surface area contributed by atoms with Gasteiger partial charge in [-0.3, -0.25) is 4.79 Å². The van der Waals surface area contributed by atoms with Gasteiger partial charge in [0.15, 0.2) is 0 Å². The van der Waals surface area contributed by atoms with Crippen LogP contribution in [0.4, 0.5) is 0 Å². The van der Waals surface area contributed by atoms with Gasteiger partial charge in [0.25, 0.3) is 5.91 Å². The van der Waals surface area contributed by atoms with E-state index in [0.29, 0.717) is 23.5 Å². The lowest BCUT2D eigenvalue weighted by Gasteiger charge is -2.11. The molecule has 0 aliphatic rings. The number of nitrogens with zero attached hydrogens (tertiary/aromatic N) is 2. The number of nitrogens with one attached hydrogen (secondary N) is 1. The Hall–Kier alpha value is -3.10. The maximum atomic E-state index is 12.7.